The second kappa shape index (κ2) is 7.94. The number of hydrogen-bond donors (Lipinski definition) is 3. The molecule has 0 radical (unpaired) electrons. The second-order valence-corrected chi connectivity index (χ2v) is 9.96. The zero-order valence-electron chi connectivity index (χ0n) is 18.4. The van der Waals surface area contributed by atoms with Gasteiger partial charge in [-0.25, -0.2) is 14.8 Å². The lowest BCUT2D eigenvalue weighted by Gasteiger charge is -2.30. The van der Waals surface area contributed by atoms with Crippen molar-refractivity contribution in [1.29, 1.82) is 0 Å². The fourth-order valence-electron chi connectivity index (χ4n) is 3.90. The number of carbonyl (C=O) groups excluding carboxylic acids is 1. The highest BCUT2D eigenvalue weighted by Crippen LogP contribution is 2.31. The maximum Gasteiger partial charge on any atom is 0.318 e. The van der Waals surface area contributed by atoms with Crippen molar-refractivity contribution < 1.29 is 4.79 Å². The molecule has 5 rings (SSSR count). The molecule has 3 aromatic heterocycles. The summed E-state index contributed by atoms with van der Waals surface area (Å²) in [6.07, 6.45) is 4.74. The monoisotopic (exact) mass is 446 g/mol. The molecule has 0 bridgehead atoms. The second-order valence-electron chi connectivity index (χ2n) is 9.07. The van der Waals surface area contributed by atoms with Crippen LogP contribution in [0.4, 0.5) is 16.2 Å². The summed E-state index contributed by atoms with van der Waals surface area (Å²) >= 11 is 1.63. The number of carbonyl (C=O) groups is 1. The van der Waals surface area contributed by atoms with Crippen LogP contribution in [0.1, 0.15) is 32.9 Å². The Morgan fingerprint density at radius 3 is 2.84 bits per heavy atom. The molecule has 32 heavy (non-hydrogen) atoms. The molecule has 0 aliphatic carbocycles. The number of pyridine rings is 1. The van der Waals surface area contributed by atoms with Crippen LogP contribution in [0.5, 0.6) is 0 Å². The fraction of sp³-hybridized carbons (Fsp3) is 0.292. The van der Waals surface area contributed by atoms with Crippen molar-refractivity contribution in [3.63, 3.8) is 0 Å². The minimum absolute atomic E-state index is 0.0180. The molecule has 1 aliphatic heterocycles. The van der Waals surface area contributed by atoms with Gasteiger partial charge in [0.2, 0.25) is 0 Å². The van der Waals surface area contributed by atoms with Gasteiger partial charge >= 0.3 is 6.03 Å². The number of thiazole rings is 1. The molecule has 1 aromatic carbocycles. The van der Waals surface area contributed by atoms with Crippen LogP contribution in [-0.2, 0) is 0 Å². The molecule has 0 saturated carbocycles. The molecule has 0 saturated heterocycles. The summed E-state index contributed by atoms with van der Waals surface area (Å²) in [5, 5.41) is 7.60. The largest absolute Gasteiger partial charge is 0.355 e. The molecular formula is C24H26N6OS. The van der Waals surface area contributed by atoms with E-state index in [1.165, 1.54) is 5.57 Å². The van der Waals surface area contributed by atoms with E-state index in [9.17, 15) is 4.79 Å². The van der Waals surface area contributed by atoms with Crippen molar-refractivity contribution >= 4 is 55.6 Å². The van der Waals surface area contributed by atoms with Crippen LogP contribution < -0.4 is 10.6 Å². The lowest BCUT2D eigenvalue weighted by Crippen LogP contribution is -2.49. The summed E-state index contributed by atoms with van der Waals surface area (Å²) in [7, 11) is 0. The lowest BCUT2D eigenvalue weighted by molar-refractivity contribution is 0.193. The molecule has 2 amide bonds. The lowest BCUT2D eigenvalue weighted by atomic mass is 10.0. The average molecular weight is 447 g/mol. The molecule has 4 heterocycles. The maximum atomic E-state index is 12.4. The summed E-state index contributed by atoms with van der Waals surface area (Å²) in [5.41, 5.74) is 7.77. The van der Waals surface area contributed by atoms with Gasteiger partial charge in [-0.3, -0.25) is 0 Å². The van der Waals surface area contributed by atoms with Gasteiger partial charge in [0.25, 0.3) is 0 Å². The van der Waals surface area contributed by atoms with Gasteiger partial charge in [-0.2, -0.15) is 0 Å². The van der Waals surface area contributed by atoms with E-state index in [2.05, 4.69) is 43.8 Å². The number of fused-ring (bicyclic) bond motifs is 2. The Morgan fingerprint density at radius 1 is 1.19 bits per heavy atom. The van der Waals surface area contributed by atoms with Crippen LogP contribution >= 0.6 is 11.3 Å². The molecule has 0 spiro atoms. The van der Waals surface area contributed by atoms with Gasteiger partial charge < -0.3 is 20.5 Å². The summed E-state index contributed by atoms with van der Waals surface area (Å²) in [6.45, 7) is 7.27. The van der Waals surface area contributed by atoms with Crippen LogP contribution in [0, 0.1) is 0 Å². The highest BCUT2D eigenvalue weighted by Gasteiger charge is 2.22. The Bertz CT molecular complexity index is 1330. The number of urea groups is 1. The predicted molar refractivity (Wildman–Crippen MR) is 131 cm³/mol. The van der Waals surface area contributed by atoms with Crippen molar-refractivity contribution in [2.75, 3.05) is 18.4 Å². The van der Waals surface area contributed by atoms with E-state index < -0.39 is 0 Å². The number of aromatic nitrogens is 3. The summed E-state index contributed by atoms with van der Waals surface area (Å²) in [6, 6.07) is 10.3. The van der Waals surface area contributed by atoms with Crippen molar-refractivity contribution in [2.24, 2.45) is 0 Å². The molecule has 4 aromatic rings. The van der Waals surface area contributed by atoms with Crippen LogP contribution in [0.25, 0.3) is 26.8 Å². The molecule has 8 heteroatoms. The quantitative estimate of drug-likeness (QED) is 0.387. The Hall–Kier alpha value is -3.39. The maximum absolute atomic E-state index is 12.4. The van der Waals surface area contributed by atoms with E-state index in [4.69, 9.17) is 0 Å². The first kappa shape index (κ1) is 20.5. The SMILES string of the molecule is CC(C)(C)NC(=O)N1CC=C(c2cc3c(Nc4ccc5ncsc5c4)ccnc3[nH]2)CC1. The molecular weight excluding hydrogens is 420 g/mol. The predicted octanol–water partition coefficient (Wildman–Crippen LogP) is 5.51. The van der Waals surface area contributed by atoms with Crippen LogP contribution in [0.15, 0.2) is 48.1 Å². The number of hydrogen-bond acceptors (Lipinski definition) is 5. The molecule has 0 fully saturated rings. The smallest absolute Gasteiger partial charge is 0.318 e. The van der Waals surface area contributed by atoms with Crippen molar-refractivity contribution in [3.8, 4) is 0 Å². The van der Waals surface area contributed by atoms with E-state index in [0.29, 0.717) is 13.1 Å². The summed E-state index contributed by atoms with van der Waals surface area (Å²) in [5.74, 6) is 0. The minimum Gasteiger partial charge on any atom is -0.355 e. The van der Waals surface area contributed by atoms with Gasteiger partial charge in [-0.15, -0.1) is 11.3 Å². The number of nitrogens with zero attached hydrogens (tertiary/aromatic N) is 3. The van der Waals surface area contributed by atoms with Crippen molar-refractivity contribution in [1.82, 2.24) is 25.2 Å². The Labute approximate surface area is 190 Å². The van der Waals surface area contributed by atoms with Gasteiger partial charge in [0.15, 0.2) is 0 Å². The molecule has 0 unspecified atom stereocenters. The highest BCUT2D eigenvalue weighted by molar-refractivity contribution is 7.16. The highest BCUT2D eigenvalue weighted by atomic mass is 32.1. The first-order valence-electron chi connectivity index (χ1n) is 10.7. The molecule has 1 aliphatic rings. The number of nitrogens with one attached hydrogen (secondary N) is 3. The molecule has 3 N–H and O–H groups in total. The zero-order valence-corrected chi connectivity index (χ0v) is 19.2. The van der Waals surface area contributed by atoms with E-state index in [-0.39, 0.29) is 11.6 Å². The van der Waals surface area contributed by atoms with E-state index >= 15 is 0 Å². The molecule has 7 nitrogen and oxygen atoms in total. The number of amides is 2. The Morgan fingerprint density at radius 2 is 2.06 bits per heavy atom. The minimum atomic E-state index is -0.238. The topological polar surface area (TPSA) is 85.9 Å². The number of aromatic amines is 1. The number of rotatable bonds is 3. The van der Waals surface area contributed by atoms with Gasteiger partial charge in [0.05, 0.1) is 21.4 Å². The van der Waals surface area contributed by atoms with Crippen LogP contribution in [-0.4, -0.2) is 44.5 Å². The first-order chi connectivity index (χ1) is 15.4. The Balaban J connectivity index is 1.37. The Kier molecular flexibility index (Phi) is 5.09. The van der Waals surface area contributed by atoms with Gasteiger partial charge in [0.1, 0.15) is 5.65 Å². The summed E-state index contributed by atoms with van der Waals surface area (Å²) < 4.78 is 1.16. The number of H-pyrrole nitrogens is 1. The molecule has 0 atom stereocenters. The average Bonchev–Trinajstić information content (AvgIpc) is 3.40. The van der Waals surface area contributed by atoms with Crippen LogP contribution in [0.3, 0.4) is 0 Å². The van der Waals surface area contributed by atoms with Gasteiger partial charge in [-0.1, -0.05) is 6.08 Å². The van der Waals surface area contributed by atoms with Gasteiger partial charge in [0, 0.05) is 41.6 Å². The third-order valence-electron chi connectivity index (χ3n) is 5.47. The number of benzene rings is 1. The first-order valence-corrected chi connectivity index (χ1v) is 11.6. The van der Waals surface area contributed by atoms with E-state index in [1.54, 1.807) is 11.3 Å². The summed E-state index contributed by atoms with van der Waals surface area (Å²) in [4.78, 5) is 26.6. The number of anilines is 2. The normalized spacial score (nSPS) is 14.6. The van der Waals surface area contributed by atoms with E-state index in [1.807, 2.05) is 55.6 Å². The third-order valence-corrected chi connectivity index (χ3v) is 6.26. The van der Waals surface area contributed by atoms with Crippen molar-refractivity contribution in [2.45, 2.75) is 32.7 Å². The standard InChI is InChI=1S/C24H26N6OS/c1-24(2,3)29-23(31)30-10-7-15(8-11-30)20-13-17-18(6-9-25-22(17)28-20)27-16-4-5-19-21(12-16)32-14-26-19/h4-7,9,12-14H,8,10-11H2,1-3H3,(H,29,31)(H2,25,27,28). The fourth-order valence-corrected chi connectivity index (χ4v) is 4.61. The molecule has 164 valence electrons. The third kappa shape index (κ3) is 4.18. The van der Waals surface area contributed by atoms with E-state index in [0.717, 1.165) is 44.7 Å². The van der Waals surface area contributed by atoms with Gasteiger partial charge in [-0.05, 0) is 63.1 Å². The zero-order chi connectivity index (χ0) is 22.3. The van der Waals surface area contributed by atoms with Crippen LogP contribution in [0.2, 0.25) is 0 Å². The van der Waals surface area contributed by atoms with Crippen molar-refractivity contribution in [3.05, 3.63) is 53.8 Å².